The highest BCUT2D eigenvalue weighted by Crippen LogP contribution is 2.24. The molecule has 1 N–H and O–H groups in total. The van der Waals surface area contributed by atoms with E-state index in [1.807, 2.05) is 24.4 Å². The number of anilines is 1. The molecule has 0 saturated carbocycles. The van der Waals surface area contributed by atoms with Crippen LogP contribution in [0.5, 0.6) is 0 Å². The lowest BCUT2D eigenvalue weighted by Crippen LogP contribution is -2.45. The van der Waals surface area contributed by atoms with Gasteiger partial charge >= 0.3 is 0 Å². The van der Waals surface area contributed by atoms with Gasteiger partial charge < -0.3 is 10.2 Å². The third-order valence-electron chi connectivity index (χ3n) is 4.09. The molecule has 2 aromatic rings. The van der Waals surface area contributed by atoms with Crippen LogP contribution < -0.4 is 5.32 Å². The normalized spacial score (nSPS) is 16.7. The Labute approximate surface area is 146 Å². The molecular formula is C16H21Cl2N5. The molecule has 0 atom stereocenters. The van der Waals surface area contributed by atoms with E-state index in [0.717, 1.165) is 50.8 Å². The fourth-order valence-electron chi connectivity index (χ4n) is 2.60. The first-order chi connectivity index (χ1) is 11.1. The van der Waals surface area contributed by atoms with Crippen molar-refractivity contribution < 1.29 is 0 Å². The number of hydrogen-bond donors (Lipinski definition) is 1. The van der Waals surface area contributed by atoms with Crippen molar-refractivity contribution in [3.63, 3.8) is 0 Å². The zero-order valence-electron chi connectivity index (χ0n) is 13.2. The molecule has 5 nitrogen and oxygen atoms in total. The van der Waals surface area contributed by atoms with Gasteiger partial charge in [-0.2, -0.15) is 5.10 Å². The molecule has 1 fully saturated rings. The Hall–Kier alpha value is -1.27. The first-order valence-electron chi connectivity index (χ1n) is 7.78. The summed E-state index contributed by atoms with van der Waals surface area (Å²) >= 11 is 12.0. The van der Waals surface area contributed by atoms with Gasteiger partial charge in [0.05, 0.1) is 15.7 Å². The highest BCUT2D eigenvalue weighted by Gasteiger charge is 2.13. The molecule has 1 aliphatic rings. The smallest absolute Gasteiger partial charge is 0.148 e. The summed E-state index contributed by atoms with van der Waals surface area (Å²) in [5.74, 6) is 0.866. The maximum Gasteiger partial charge on any atom is 0.148 e. The predicted molar refractivity (Wildman–Crippen MR) is 96.0 cm³/mol. The quantitative estimate of drug-likeness (QED) is 0.896. The molecule has 1 aliphatic heterocycles. The van der Waals surface area contributed by atoms with Crippen molar-refractivity contribution in [3.05, 3.63) is 40.5 Å². The molecule has 0 spiro atoms. The van der Waals surface area contributed by atoms with Gasteiger partial charge in [-0.1, -0.05) is 23.2 Å². The van der Waals surface area contributed by atoms with Crippen LogP contribution in [0.4, 0.5) is 5.82 Å². The van der Waals surface area contributed by atoms with E-state index in [-0.39, 0.29) is 0 Å². The summed E-state index contributed by atoms with van der Waals surface area (Å²) in [5.41, 5.74) is 0.895. The fraction of sp³-hybridized carbons (Fsp3) is 0.438. The van der Waals surface area contributed by atoms with Gasteiger partial charge in [0.2, 0.25) is 0 Å². The molecule has 0 unspecified atom stereocenters. The number of hydrogen-bond acceptors (Lipinski definition) is 4. The average Bonchev–Trinajstić information content (AvgIpc) is 3.01. The summed E-state index contributed by atoms with van der Waals surface area (Å²) in [5, 5.41) is 8.98. The molecule has 7 heteroatoms. The Bertz CT molecular complexity index is 650. The zero-order valence-corrected chi connectivity index (χ0v) is 14.7. The van der Waals surface area contributed by atoms with Crippen LogP contribution in [0, 0.1) is 0 Å². The van der Waals surface area contributed by atoms with E-state index in [0.29, 0.717) is 10.0 Å². The number of halogens is 2. The van der Waals surface area contributed by atoms with Gasteiger partial charge in [0.1, 0.15) is 5.82 Å². The second-order valence-electron chi connectivity index (χ2n) is 5.82. The first kappa shape index (κ1) is 16.6. The maximum absolute atomic E-state index is 6.05. The van der Waals surface area contributed by atoms with Gasteiger partial charge in [-0.05, 0) is 25.2 Å². The first-order valence-corrected chi connectivity index (χ1v) is 8.53. The lowest BCUT2D eigenvalue weighted by molar-refractivity contribution is 0.158. The van der Waals surface area contributed by atoms with E-state index >= 15 is 0 Å². The number of piperazine rings is 1. The topological polar surface area (TPSA) is 36.3 Å². The monoisotopic (exact) mass is 353 g/mol. The van der Waals surface area contributed by atoms with Gasteiger partial charge in [0.25, 0.3) is 0 Å². The molecular weight excluding hydrogens is 333 g/mol. The second kappa shape index (κ2) is 7.53. The van der Waals surface area contributed by atoms with Gasteiger partial charge in [-0.25, -0.2) is 4.68 Å². The Morgan fingerprint density at radius 3 is 2.61 bits per heavy atom. The number of nitrogens with one attached hydrogen (secondary N) is 1. The molecule has 0 amide bonds. The van der Waals surface area contributed by atoms with Crippen LogP contribution in [0.2, 0.25) is 10.0 Å². The predicted octanol–water partition coefficient (Wildman–Crippen LogP) is 2.84. The summed E-state index contributed by atoms with van der Waals surface area (Å²) in [4.78, 5) is 4.84. The van der Waals surface area contributed by atoms with Gasteiger partial charge in [0.15, 0.2) is 0 Å². The van der Waals surface area contributed by atoms with Crippen LogP contribution in [0.3, 0.4) is 0 Å². The van der Waals surface area contributed by atoms with Crippen molar-refractivity contribution in [2.24, 2.45) is 0 Å². The Balaban J connectivity index is 1.52. The molecule has 0 radical (unpaired) electrons. The minimum atomic E-state index is 0.532. The molecule has 124 valence electrons. The van der Waals surface area contributed by atoms with E-state index in [1.165, 1.54) is 0 Å². The summed E-state index contributed by atoms with van der Waals surface area (Å²) in [6, 6.07) is 7.45. The van der Waals surface area contributed by atoms with Crippen LogP contribution in [0.1, 0.15) is 0 Å². The molecule has 23 heavy (non-hydrogen) atoms. The van der Waals surface area contributed by atoms with Crippen molar-refractivity contribution in [2.75, 3.05) is 51.6 Å². The lowest BCUT2D eigenvalue weighted by Gasteiger charge is -2.32. The van der Waals surface area contributed by atoms with E-state index in [1.54, 1.807) is 10.7 Å². The van der Waals surface area contributed by atoms with Crippen LogP contribution in [-0.2, 0) is 0 Å². The van der Waals surface area contributed by atoms with Crippen LogP contribution in [0.15, 0.2) is 30.5 Å². The molecule has 0 aliphatic carbocycles. The average molecular weight is 354 g/mol. The van der Waals surface area contributed by atoms with E-state index in [4.69, 9.17) is 23.2 Å². The Morgan fingerprint density at radius 2 is 1.87 bits per heavy atom. The maximum atomic E-state index is 6.05. The molecule has 1 aromatic heterocycles. The van der Waals surface area contributed by atoms with E-state index in [9.17, 15) is 0 Å². The minimum Gasteiger partial charge on any atom is -0.367 e. The van der Waals surface area contributed by atoms with Crippen molar-refractivity contribution >= 4 is 29.0 Å². The molecule has 0 bridgehead atoms. The number of nitrogens with zero attached hydrogens (tertiary/aromatic N) is 4. The molecule has 3 rings (SSSR count). The lowest BCUT2D eigenvalue weighted by atomic mass is 10.3. The summed E-state index contributed by atoms with van der Waals surface area (Å²) in [7, 11) is 2.17. The highest BCUT2D eigenvalue weighted by molar-refractivity contribution is 6.42. The number of benzene rings is 1. The van der Waals surface area contributed by atoms with Crippen molar-refractivity contribution in [1.29, 1.82) is 0 Å². The molecule has 1 aromatic carbocycles. The SMILES string of the molecule is CN1CCN(CCNc2ccn(-c3ccc(Cl)c(Cl)c3)n2)CC1. The molecule has 1 saturated heterocycles. The summed E-state index contributed by atoms with van der Waals surface area (Å²) in [6.07, 6.45) is 1.91. The van der Waals surface area contributed by atoms with Crippen molar-refractivity contribution in [2.45, 2.75) is 0 Å². The third kappa shape index (κ3) is 4.38. The Morgan fingerprint density at radius 1 is 1.09 bits per heavy atom. The van der Waals surface area contributed by atoms with Crippen molar-refractivity contribution in [1.82, 2.24) is 19.6 Å². The van der Waals surface area contributed by atoms with Crippen LogP contribution in [0.25, 0.3) is 5.69 Å². The van der Waals surface area contributed by atoms with Crippen LogP contribution >= 0.6 is 23.2 Å². The van der Waals surface area contributed by atoms with Crippen LogP contribution in [-0.4, -0.2) is 65.9 Å². The third-order valence-corrected chi connectivity index (χ3v) is 4.83. The fourth-order valence-corrected chi connectivity index (χ4v) is 2.90. The Kier molecular flexibility index (Phi) is 5.43. The van der Waals surface area contributed by atoms with E-state index in [2.05, 4.69) is 27.3 Å². The van der Waals surface area contributed by atoms with E-state index < -0.39 is 0 Å². The summed E-state index contributed by atoms with van der Waals surface area (Å²) < 4.78 is 1.79. The van der Waals surface area contributed by atoms with Gasteiger partial charge in [-0.3, -0.25) is 4.90 Å². The van der Waals surface area contributed by atoms with Gasteiger partial charge in [0, 0.05) is 51.5 Å². The summed E-state index contributed by atoms with van der Waals surface area (Å²) in [6.45, 7) is 6.49. The largest absolute Gasteiger partial charge is 0.367 e. The second-order valence-corrected chi connectivity index (χ2v) is 6.63. The number of aromatic nitrogens is 2. The molecule has 2 heterocycles. The minimum absolute atomic E-state index is 0.532. The zero-order chi connectivity index (χ0) is 16.2. The number of likely N-dealkylation sites (N-methyl/N-ethyl adjacent to an activating group) is 1. The highest BCUT2D eigenvalue weighted by atomic mass is 35.5. The number of rotatable bonds is 5. The van der Waals surface area contributed by atoms with Gasteiger partial charge in [-0.15, -0.1) is 0 Å². The standard InChI is InChI=1S/C16H21Cl2N5/c1-21-8-10-22(11-9-21)7-5-19-16-4-6-23(20-16)13-2-3-14(17)15(18)12-13/h2-4,6,12H,5,7-11H2,1H3,(H,19,20). The van der Waals surface area contributed by atoms with Crippen molar-refractivity contribution in [3.8, 4) is 5.69 Å².